The number of nitrogens with zero attached hydrogens (tertiary/aromatic N) is 2. The third-order valence-corrected chi connectivity index (χ3v) is 4.99. The Hall–Kier alpha value is -2.13. The molecule has 1 atom stereocenters. The van der Waals surface area contributed by atoms with Gasteiger partial charge in [0.15, 0.2) is 17.7 Å². The third-order valence-electron chi connectivity index (χ3n) is 4.45. The molecule has 1 heterocycles. The Kier molecular flexibility index (Phi) is 4.70. The van der Waals surface area contributed by atoms with Crippen molar-refractivity contribution in [1.29, 1.82) is 0 Å². The molecule has 1 aliphatic carbocycles. The van der Waals surface area contributed by atoms with Crippen molar-refractivity contribution in [3.05, 3.63) is 35.2 Å². The SMILES string of the molecule is COc1ccc(C2=C(C)C(OS(C)(=O)=O)C(=O)N(C3CC3)N2C)cc1F. The second-order valence-corrected chi connectivity index (χ2v) is 8.10. The van der Waals surface area contributed by atoms with Gasteiger partial charge in [0.1, 0.15) is 0 Å². The van der Waals surface area contributed by atoms with E-state index in [1.807, 2.05) is 0 Å². The molecule has 0 saturated heterocycles. The van der Waals surface area contributed by atoms with Gasteiger partial charge in [0.2, 0.25) is 0 Å². The lowest BCUT2D eigenvalue weighted by molar-refractivity contribution is -0.151. The summed E-state index contributed by atoms with van der Waals surface area (Å²) in [6.07, 6.45) is 1.29. The van der Waals surface area contributed by atoms with Crippen LogP contribution in [-0.2, 0) is 19.1 Å². The Morgan fingerprint density at radius 3 is 2.42 bits per heavy atom. The minimum absolute atomic E-state index is 0.00986. The highest BCUT2D eigenvalue weighted by Gasteiger charge is 2.45. The van der Waals surface area contributed by atoms with Gasteiger partial charge in [0, 0.05) is 12.6 Å². The van der Waals surface area contributed by atoms with Gasteiger partial charge < -0.3 is 4.74 Å². The van der Waals surface area contributed by atoms with Crippen molar-refractivity contribution in [1.82, 2.24) is 10.0 Å². The van der Waals surface area contributed by atoms with Crippen LogP contribution in [0, 0.1) is 5.82 Å². The minimum atomic E-state index is -3.85. The molecule has 9 heteroatoms. The lowest BCUT2D eigenvalue weighted by Crippen LogP contribution is -2.54. The number of hydrazine groups is 1. The van der Waals surface area contributed by atoms with Crippen molar-refractivity contribution in [2.45, 2.75) is 31.9 Å². The van der Waals surface area contributed by atoms with Crippen molar-refractivity contribution in [2.24, 2.45) is 0 Å². The number of hydrogen-bond acceptors (Lipinski definition) is 6. The van der Waals surface area contributed by atoms with Crippen molar-refractivity contribution in [3.63, 3.8) is 0 Å². The Morgan fingerprint density at radius 1 is 1.27 bits per heavy atom. The van der Waals surface area contributed by atoms with Crippen LogP contribution in [0.25, 0.3) is 5.70 Å². The smallest absolute Gasteiger partial charge is 0.276 e. The van der Waals surface area contributed by atoms with E-state index < -0.39 is 27.9 Å². The monoisotopic (exact) mass is 384 g/mol. The predicted molar refractivity (Wildman–Crippen MR) is 92.9 cm³/mol. The van der Waals surface area contributed by atoms with Crippen molar-refractivity contribution >= 4 is 21.7 Å². The average Bonchev–Trinajstić information content (AvgIpc) is 3.36. The van der Waals surface area contributed by atoms with Crippen LogP contribution in [0.4, 0.5) is 4.39 Å². The number of amides is 1. The highest BCUT2D eigenvalue weighted by Crippen LogP contribution is 2.39. The number of carbonyl (C=O) groups excluding carboxylic acids is 1. The first-order valence-electron chi connectivity index (χ1n) is 8.13. The van der Waals surface area contributed by atoms with Crippen molar-refractivity contribution < 1.29 is 26.5 Å². The lowest BCUT2D eigenvalue weighted by Gasteiger charge is -2.42. The normalized spacial score (nSPS) is 21.4. The first-order valence-corrected chi connectivity index (χ1v) is 9.95. The maximum Gasteiger partial charge on any atom is 0.276 e. The summed E-state index contributed by atoms with van der Waals surface area (Å²) >= 11 is 0. The van der Waals surface area contributed by atoms with Gasteiger partial charge in [0.05, 0.1) is 25.1 Å². The molecule has 3 rings (SSSR count). The summed E-state index contributed by atoms with van der Waals surface area (Å²) in [5, 5.41) is 3.15. The number of carbonyl (C=O) groups is 1. The number of ether oxygens (including phenoxy) is 1. The van der Waals surface area contributed by atoms with E-state index in [9.17, 15) is 17.6 Å². The van der Waals surface area contributed by atoms with Crippen molar-refractivity contribution in [2.75, 3.05) is 20.4 Å². The van der Waals surface area contributed by atoms with Crippen LogP contribution in [0.3, 0.4) is 0 Å². The summed E-state index contributed by atoms with van der Waals surface area (Å²) in [7, 11) is -0.778. The van der Waals surface area contributed by atoms with E-state index >= 15 is 0 Å². The molecule has 1 amide bonds. The Balaban J connectivity index is 2.12. The van der Waals surface area contributed by atoms with Gasteiger partial charge in [-0.3, -0.25) is 14.0 Å². The molecule has 142 valence electrons. The zero-order valence-corrected chi connectivity index (χ0v) is 15.8. The summed E-state index contributed by atoms with van der Waals surface area (Å²) in [4.78, 5) is 12.8. The standard InChI is InChI=1S/C17H21FN2O5S/c1-10-15(11-5-8-14(24-3)13(18)9-11)19(2)20(12-6-7-12)17(21)16(10)25-26(4,22)23/h5,8-9,12,16H,6-7H2,1-4H3. The van der Waals surface area contributed by atoms with Gasteiger partial charge in [0.25, 0.3) is 16.0 Å². The molecule has 0 aromatic heterocycles. The number of halogens is 1. The minimum Gasteiger partial charge on any atom is -0.494 e. The molecule has 1 saturated carbocycles. The van der Waals surface area contributed by atoms with Crippen LogP contribution in [0.15, 0.2) is 23.8 Å². The maximum atomic E-state index is 14.2. The van der Waals surface area contributed by atoms with E-state index in [0.29, 0.717) is 16.8 Å². The molecule has 26 heavy (non-hydrogen) atoms. The zero-order chi connectivity index (χ0) is 19.2. The lowest BCUT2D eigenvalue weighted by atomic mass is 9.99. The van der Waals surface area contributed by atoms with Crippen LogP contribution in [0.1, 0.15) is 25.3 Å². The molecule has 1 aromatic rings. The average molecular weight is 384 g/mol. The molecule has 7 nitrogen and oxygen atoms in total. The van der Waals surface area contributed by atoms with Gasteiger partial charge in [-0.05, 0) is 43.5 Å². The molecule has 0 radical (unpaired) electrons. The van der Waals surface area contributed by atoms with E-state index in [1.165, 1.54) is 24.3 Å². The zero-order valence-electron chi connectivity index (χ0n) is 15.0. The van der Waals surface area contributed by atoms with Gasteiger partial charge in [-0.1, -0.05) is 0 Å². The largest absolute Gasteiger partial charge is 0.494 e. The highest BCUT2D eigenvalue weighted by atomic mass is 32.2. The van der Waals surface area contributed by atoms with Crippen LogP contribution in [0.2, 0.25) is 0 Å². The first kappa shape index (κ1) is 18.7. The second-order valence-electron chi connectivity index (χ2n) is 6.50. The summed E-state index contributed by atoms with van der Waals surface area (Å²) in [6.45, 7) is 1.62. The molecule has 1 aromatic carbocycles. The number of rotatable bonds is 5. The van der Waals surface area contributed by atoms with E-state index in [-0.39, 0.29) is 11.8 Å². The molecule has 1 unspecified atom stereocenters. The molecule has 0 bridgehead atoms. The fourth-order valence-electron chi connectivity index (χ4n) is 3.20. The molecular weight excluding hydrogens is 363 g/mol. The second kappa shape index (κ2) is 6.55. The van der Waals surface area contributed by atoms with Crippen LogP contribution in [-0.4, -0.2) is 56.9 Å². The Bertz CT molecular complexity index is 879. The van der Waals surface area contributed by atoms with Crippen LogP contribution < -0.4 is 4.74 Å². The molecule has 1 fully saturated rings. The van der Waals surface area contributed by atoms with Gasteiger partial charge in [-0.15, -0.1) is 0 Å². The summed E-state index contributed by atoms with van der Waals surface area (Å²) < 4.78 is 47.5. The van der Waals surface area contributed by atoms with E-state index in [0.717, 1.165) is 19.1 Å². The molecule has 1 aliphatic heterocycles. The van der Waals surface area contributed by atoms with Crippen LogP contribution >= 0.6 is 0 Å². The van der Waals surface area contributed by atoms with Gasteiger partial charge >= 0.3 is 0 Å². The number of hydrogen-bond donors (Lipinski definition) is 0. The van der Waals surface area contributed by atoms with E-state index in [4.69, 9.17) is 8.92 Å². The quantitative estimate of drug-likeness (QED) is 0.720. The number of benzene rings is 1. The first-order chi connectivity index (χ1) is 12.1. The fraction of sp³-hybridized carbons (Fsp3) is 0.471. The van der Waals surface area contributed by atoms with Crippen LogP contribution in [0.5, 0.6) is 5.75 Å². The van der Waals surface area contributed by atoms with Crippen molar-refractivity contribution in [3.8, 4) is 5.75 Å². The van der Waals surface area contributed by atoms with E-state index in [1.54, 1.807) is 25.0 Å². The fourth-order valence-corrected chi connectivity index (χ4v) is 3.78. The summed E-state index contributed by atoms with van der Waals surface area (Å²) in [5.74, 6) is -0.880. The maximum absolute atomic E-state index is 14.2. The summed E-state index contributed by atoms with van der Waals surface area (Å²) in [6, 6.07) is 4.44. The molecule has 0 N–H and O–H groups in total. The Morgan fingerprint density at radius 2 is 1.92 bits per heavy atom. The summed E-state index contributed by atoms with van der Waals surface area (Å²) in [5.41, 5.74) is 1.44. The van der Waals surface area contributed by atoms with Gasteiger partial charge in [-0.25, -0.2) is 9.40 Å². The highest BCUT2D eigenvalue weighted by molar-refractivity contribution is 7.86. The van der Waals surface area contributed by atoms with Gasteiger partial charge in [-0.2, -0.15) is 8.42 Å². The molecule has 0 spiro atoms. The van der Waals surface area contributed by atoms with E-state index in [2.05, 4.69) is 0 Å². The number of methoxy groups -OCH3 is 1. The topological polar surface area (TPSA) is 76.1 Å². The molecular formula is C17H21FN2O5S. The third kappa shape index (κ3) is 3.41. The Labute approximate surface area is 152 Å². The predicted octanol–water partition coefficient (Wildman–Crippen LogP) is 1.76. The molecule has 2 aliphatic rings.